The molecule has 4 nitrogen and oxygen atoms in total. The summed E-state index contributed by atoms with van der Waals surface area (Å²) in [6, 6.07) is 12.9. The summed E-state index contributed by atoms with van der Waals surface area (Å²) in [6.07, 6.45) is 0.132. The SMILES string of the molecule is COC(=O)Cc1cccc(C(=O)c2ccc(O)cc2)c1. The van der Waals surface area contributed by atoms with E-state index in [1.807, 2.05) is 0 Å². The maximum Gasteiger partial charge on any atom is 0.309 e. The van der Waals surface area contributed by atoms with Gasteiger partial charge in [0.15, 0.2) is 5.78 Å². The van der Waals surface area contributed by atoms with Crippen LogP contribution < -0.4 is 0 Å². The number of phenolic OH excluding ortho intramolecular Hbond substituents is 1. The van der Waals surface area contributed by atoms with Gasteiger partial charge in [-0.05, 0) is 35.9 Å². The number of ketones is 1. The first-order valence-corrected chi connectivity index (χ1v) is 6.09. The highest BCUT2D eigenvalue weighted by molar-refractivity contribution is 6.09. The Bertz CT molecular complexity index is 629. The van der Waals surface area contributed by atoms with Gasteiger partial charge in [-0.25, -0.2) is 0 Å². The number of hydrogen-bond acceptors (Lipinski definition) is 4. The Kier molecular flexibility index (Phi) is 4.15. The summed E-state index contributed by atoms with van der Waals surface area (Å²) in [6.45, 7) is 0. The Morgan fingerprint density at radius 3 is 2.40 bits per heavy atom. The zero-order valence-corrected chi connectivity index (χ0v) is 11.0. The van der Waals surface area contributed by atoms with Gasteiger partial charge in [-0.3, -0.25) is 9.59 Å². The molecule has 0 fully saturated rings. The van der Waals surface area contributed by atoms with Crippen molar-refractivity contribution in [3.8, 4) is 5.75 Å². The maximum absolute atomic E-state index is 12.3. The lowest BCUT2D eigenvalue weighted by Crippen LogP contribution is -2.06. The second-order valence-corrected chi connectivity index (χ2v) is 4.33. The third kappa shape index (κ3) is 3.23. The first kappa shape index (κ1) is 13.8. The van der Waals surface area contributed by atoms with Crippen molar-refractivity contribution in [2.24, 2.45) is 0 Å². The number of carbonyl (C=O) groups excluding carboxylic acids is 2. The molecule has 0 aromatic heterocycles. The van der Waals surface area contributed by atoms with Crippen LogP contribution in [0.25, 0.3) is 0 Å². The van der Waals surface area contributed by atoms with Gasteiger partial charge in [-0.15, -0.1) is 0 Å². The predicted octanol–water partition coefficient (Wildman–Crippen LogP) is 2.34. The Morgan fingerprint density at radius 2 is 1.75 bits per heavy atom. The monoisotopic (exact) mass is 270 g/mol. The molecule has 20 heavy (non-hydrogen) atoms. The van der Waals surface area contributed by atoms with Gasteiger partial charge < -0.3 is 9.84 Å². The fourth-order valence-electron chi connectivity index (χ4n) is 1.84. The number of benzene rings is 2. The molecule has 0 aliphatic heterocycles. The zero-order valence-electron chi connectivity index (χ0n) is 11.0. The van der Waals surface area contributed by atoms with Crippen LogP contribution in [0.5, 0.6) is 5.75 Å². The van der Waals surface area contributed by atoms with E-state index in [0.29, 0.717) is 11.1 Å². The standard InChI is InChI=1S/C16H14O4/c1-20-15(18)10-11-3-2-4-13(9-11)16(19)12-5-7-14(17)8-6-12/h2-9,17H,10H2,1H3. The van der Waals surface area contributed by atoms with Crippen molar-refractivity contribution >= 4 is 11.8 Å². The molecule has 2 aromatic carbocycles. The molecule has 0 atom stereocenters. The Hall–Kier alpha value is -2.62. The lowest BCUT2D eigenvalue weighted by Gasteiger charge is -2.04. The number of esters is 1. The smallest absolute Gasteiger partial charge is 0.309 e. The summed E-state index contributed by atoms with van der Waals surface area (Å²) in [7, 11) is 1.33. The molecule has 102 valence electrons. The maximum atomic E-state index is 12.3. The van der Waals surface area contributed by atoms with Gasteiger partial charge in [-0.1, -0.05) is 18.2 Å². The Balaban J connectivity index is 2.24. The highest BCUT2D eigenvalue weighted by Crippen LogP contribution is 2.15. The number of carbonyl (C=O) groups is 2. The molecule has 0 unspecified atom stereocenters. The molecule has 0 aliphatic carbocycles. The molecule has 2 aromatic rings. The fraction of sp³-hybridized carbons (Fsp3) is 0.125. The number of phenols is 1. The van der Waals surface area contributed by atoms with E-state index in [1.54, 1.807) is 36.4 Å². The van der Waals surface area contributed by atoms with Crippen molar-refractivity contribution in [3.63, 3.8) is 0 Å². The van der Waals surface area contributed by atoms with E-state index in [9.17, 15) is 14.7 Å². The van der Waals surface area contributed by atoms with Gasteiger partial charge in [0.05, 0.1) is 13.5 Å². The highest BCUT2D eigenvalue weighted by Gasteiger charge is 2.11. The van der Waals surface area contributed by atoms with Crippen LogP contribution in [-0.4, -0.2) is 24.0 Å². The number of rotatable bonds is 4. The van der Waals surface area contributed by atoms with Gasteiger partial charge in [0, 0.05) is 11.1 Å². The van der Waals surface area contributed by atoms with Crippen molar-refractivity contribution < 1.29 is 19.4 Å². The molecule has 0 amide bonds. The van der Waals surface area contributed by atoms with Crippen LogP contribution in [-0.2, 0) is 16.0 Å². The van der Waals surface area contributed by atoms with Crippen LogP contribution in [0.1, 0.15) is 21.5 Å². The van der Waals surface area contributed by atoms with E-state index in [1.165, 1.54) is 19.2 Å². The van der Waals surface area contributed by atoms with Crippen LogP contribution in [0.2, 0.25) is 0 Å². The zero-order chi connectivity index (χ0) is 14.5. The summed E-state index contributed by atoms with van der Waals surface area (Å²) in [4.78, 5) is 23.5. The summed E-state index contributed by atoms with van der Waals surface area (Å²) in [5.41, 5.74) is 1.71. The minimum atomic E-state index is -0.348. The summed E-state index contributed by atoms with van der Waals surface area (Å²) >= 11 is 0. The average molecular weight is 270 g/mol. The van der Waals surface area contributed by atoms with Crippen molar-refractivity contribution in [1.82, 2.24) is 0 Å². The van der Waals surface area contributed by atoms with Crippen LogP contribution in [0.15, 0.2) is 48.5 Å². The minimum Gasteiger partial charge on any atom is -0.508 e. The third-order valence-corrected chi connectivity index (χ3v) is 2.89. The van der Waals surface area contributed by atoms with Gasteiger partial charge >= 0.3 is 5.97 Å². The van der Waals surface area contributed by atoms with Crippen LogP contribution in [0.3, 0.4) is 0 Å². The van der Waals surface area contributed by atoms with Crippen molar-refractivity contribution in [2.75, 3.05) is 7.11 Å². The second-order valence-electron chi connectivity index (χ2n) is 4.33. The van der Waals surface area contributed by atoms with E-state index in [2.05, 4.69) is 4.74 Å². The lowest BCUT2D eigenvalue weighted by molar-refractivity contribution is -0.139. The molecule has 0 radical (unpaired) electrons. The van der Waals surface area contributed by atoms with E-state index in [4.69, 9.17) is 0 Å². The molecule has 4 heteroatoms. The van der Waals surface area contributed by atoms with Gasteiger partial charge in [-0.2, -0.15) is 0 Å². The predicted molar refractivity (Wildman–Crippen MR) is 73.7 cm³/mol. The summed E-state index contributed by atoms with van der Waals surface area (Å²) in [5.74, 6) is -0.392. The van der Waals surface area contributed by atoms with Crippen LogP contribution >= 0.6 is 0 Å². The molecule has 1 N–H and O–H groups in total. The van der Waals surface area contributed by atoms with Crippen molar-refractivity contribution in [1.29, 1.82) is 0 Å². The third-order valence-electron chi connectivity index (χ3n) is 2.89. The lowest BCUT2D eigenvalue weighted by atomic mass is 10.0. The average Bonchev–Trinajstić information content (AvgIpc) is 2.47. The topological polar surface area (TPSA) is 63.6 Å². The number of methoxy groups -OCH3 is 1. The van der Waals surface area contributed by atoms with E-state index >= 15 is 0 Å². The van der Waals surface area contributed by atoms with Crippen LogP contribution in [0.4, 0.5) is 0 Å². The fourth-order valence-corrected chi connectivity index (χ4v) is 1.84. The highest BCUT2D eigenvalue weighted by atomic mass is 16.5. The first-order chi connectivity index (χ1) is 9.60. The van der Waals surface area contributed by atoms with E-state index in [0.717, 1.165) is 5.56 Å². The quantitative estimate of drug-likeness (QED) is 0.684. The summed E-state index contributed by atoms with van der Waals surface area (Å²) < 4.78 is 4.60. The molecule has 0 aliphatic rings. The van der Waals surface area contributed by atoms with Crippen molar-refractivity contribution in [2.45, 2.75) is 6.42 Å². The summed E-state index contributed by atoms with van der Waals surface area (Å²) in [5, 5.41) is 9.22. The normalized spacial score (nSPS) is 10.1. The van der Waals surface area contributed by atoms with Crippen molar-refractivity contribution in [3.05, 3.63) is 65.2 Å². The van der Waals surface area contributed by atoms with E-state index < -0.39 is 0 Å². The first-order valence-electron chi connectivity index (χ1n) is 6.09. The Labute approximate surface area is 116 Å². The largest absolute Gasteiger partial charge is 0.508 e. The van der Waals surface area contributed by atoms with Gasteiger partial charge in [0.25, 0.3) is 0 Å². The molecule has 2 rings (SSSR count). The van der Waals surface area contributed by atoms with Crippen LogP contribution in [0, 0.1) is 0 Å². The molecule has 0 spiro atoms. The molecule has 0 saturated carbocycles. The molecular weight excluding hydrogens is 256 g/mol. The second kappa shape index (κ2) is 6.02. The number of hydrogen-bond donors (Lipinski definition) is 1. The Morgan fingerprint density at radius 1 is 1.05 bits per heavy atom. The van der Waals surface area contributed by atoms with E-state index in [-0.39, 0.29) is 23.9 Å². The molecular formula is C16H14O4. The molecule has 0 saturated heterocycles. The minimum absolute atomic E-state index is 0.112. The molecule has 0 bridgehead atoms. The molecule has 0 heterocycles. The van der Waals surface area contributed by atoms with Gasteiger partial charge in [0.2, 0.25) is 0 Å². The number of ether oxygens (including phenoxy) is 1. The number of aromatic hydroxyl groups is 1. The van der Waals surface area contributed by atoms with Gasteiger partial charge in [0.1, 0.15) is 5.75 Å².